The molecule has 1 aromatic heterocycles. The minimum Gasteiger partial charge on any atom is -0.479 e. The molecule has 5 nitrogen and oxygen atoms in total. The van der Waals surface area contributed by atoms with Gasteiger partial charge in [-0.05, 0) is 6.07 Å². The van der Waals surface area contributed by atoms with E-state index in [1.807, 2.05) is 25.1 Å². The second kappa shape index (κ2) is 5.69. The first-order chi connectivity index (χ1) is 7.60. The van der Waals surface area contributed by atoms with Crippen LogP contribution < -0.4 is 15.0 Å². The van der Waals surface area contributed by atoms with E-state index < -0.39 is 0 Å². The summed E-state index contributed by atoms with van der Waals surface area (Å²) in [5, 5.41) is 2.98. The van der Waals surface area contributed by atoms with Crippen LogP contribution in [-0.4, -0.2) is 37.4 Å². The van der Waals surface area contributed by atoms with Gasteiger partial charge in [-0.3, -0.25) is 4.79 Å². The third-order valence-corrected chi connectivity index (χ3v) is 2.46. The quantitative estimate of drug-likeness (QED) is 0.853. The highest BCUT2D eigenvalue weighted by Gasteiger charge is 2.14. The highest BCUT2D eigenvalue weighted by Crippen LogP contribution is 2.31. The highest BCUT2D eigenvalue weighted by atomic mass is 79.9. The molecule has 0 unspecified atom stereocenters. The van der Waals surface area contributed by atoms with Gasteiger partial charge in [-0.1, -0.05) is 15.9 Å². The molecule has 1 rings (SSSR count). The number of carbonyl (C=O) groups excluding carboxylic acids is 1. The molecular weight excluding hydrogens is 274 g/mol. The van der Waals surface area contributed by atoms with E-state index in [4.69, 9.17) is 4.74 Å². The molecule has 1 N–H and O–H groups in total. The number of carbonyl (C=O) groups is 1. The Morgan fingerprint density at radius 3 is 2.81 bits per heavy atom. The Morgan fingerprint density at radius 1 is 1.62 bits per heavy atom. The highest BCUT2D eigenvalue weighted by molar-refractivity contribution is 9.09. The Balaban J connectivity index is 3.14. The number of aromatic nitrogens is 1. The lowest BCUT2D eigenvalue weighted by atomic mass is 10.3. The van der Waals surface area contributed by atoms with Crippen LogP contribution in [0.1, 0.15) is 0 Å². The maximum Gasteiger partial charge on any atom is 0.239 e. The molecule has 1 amide bonds. The molecule has 0 aromatic carbocycles. The minimum atomic E-state index is -0.144. The van der Waals surface area contributed by atoms with E-state index in [1.54, 1.807) is 6.20 Å². The average Bonchev–Trinajstić information content (AvgIpc) is 2.28. The van der Waals surface area contributed by atoms with Gasteiger partial charge in [-0.25, -0.2) is 4.98 Å². The molecule has 0 aliphatic heterocycles. The van der Waals surface area contributed by atoms with Crippen molar-refractivity contribution in [2.75, 3.05) is 36.8 Å². The van der Waals surface area contributed by atoms with Crippen LogP contribution in [0.4, 0.5) is 11.4 Å². The summed E-state index contributed by atoms with van der Waals surface area (Å²) in [6.45, 7) is 0. The average molecular weight is 288 g/mol. The fourth-order valence-corrected chi connectivity index (χ4v) is 1.39. The van der Waals surface area contributed by atoms with Crippen molar-refractivity contribution >= 4 is 33.2 Å². The first-order valence-corrected chi connectivity index (χ1v) is 5.78. The van der Waals surface area contributed by atoms with E-state index in [0.29, 0.717) is 11.6 Å². The Morgan fingerprint density at radius 2 is 2.31 bits per heavy atom. The number of methoxy groups -OCH3 is 1. The van der Waals surface area contributed by atoms with Gasteiger partial charge in [-0.15, -0.1) is 0 Å². The second-order valence-corrected chi connectivity index (χ2v) is 3.85. The molecule has 1 aromatic rings. The van der Waals surface area contributed by atoms with E-state index in [1.165, 1.54) is 7.11 Å². The summed E-state index contributed by atoms with van der Waals surface area (Å²) in [6.07, 6.45) is 1.64. The second-order valence-electron chi connectivity index (χ2n) is 3.29. The van der Waals surface area contributed by atoms with Crippen molar-refractivity contribution in [2.45, 2.75) is 0 Å². The number of amides is 1. The van der Waals surface area contributed by atoms with Gasteiger partial charge in [0.05, 0.1) is 18.1 Å². The van der Waals surface area contributed by atoms with E-state index in [-0.39, 0.29) is 11.2 Å². The van der Waals surface area contributed by atoms with Gasteiger partial charge >= 0.3 is 0 Å². The van der Waals surface area contributed by atoms with Crippen molar-refractivity contribution in [2.24, 2.45) is 0 Å². The molecule has 0 atom stereocenters. The third kappa shape index (κ3) is 2.85. The molecule has 88 valence electrons. The SMILES string of the molecule is COc1nccc(N(C)C)c1NC(=O)CBr. The van der Waals surface area contributed by atoms with Crippen LogP contribution in [0.2, 0.25) is 0 Å². The molecule has 1 heterocycles. The molecule has 0 radical (unpaired) electrons. The fourth-order valence-electron chi connectivity index (χ4n) is 1.25. The van der Waals surface area contributed by atoms with Crippen molar-refractivity contribution < 1.29 is 9.53 Å². The molecule has 0 aliphatic rings. The minimum absolute atomic E-state index is 0.144. The van der Waals surface area contributed by atoms with Crippen LogP contribution in [0.15, 0.2) is 12.3 Å². The first-order valence-electron chi connectivity index (χ1n) is 4.66. The van der Waals surface area contributed by atoms with Crippen LogP contribution in [0, 0.1) is 0 Å². The number of hydrogen-bond acceptors (Lipinski definition) is 4. The van der Waals surface area contributed by atoms with Crippen LogP contribution in [0.3, 0.4) is 0 Å². The number of alkyl halides is 1. The number of hydrogen-bond donors (Lipinski definition) is 1. The van der Waals surface area contributed by atoms with E-state index in [2.05, 4.69) is 26.2 Å². The van der Waals surface area contributed by atoms with Crippen molar-refractivity contribution in [3.05, 3.63) is 12.3 Å². The number of nitrogens with one attached hydrogen (secondary N) is 1. The summed E-state index contributed by atoms with van der Waals surface area (Å²) in [5.74, 6) is 0.259. The lowest BCUT2D eigenvalue weighted by molar-refractivity contribution is -0.113. The predicted molar refractivity (Wildman–Crippen MR) is 67.5 cm³/mol. The van der Waals surface area contributed by atoms with Gasteiger partial charge in [0.15, 0.2) is 0 Å². The topological polar surface area (TPSA) is 54.5 Å². The van der Waals surface area contributed by atoms with Crippen LogP contribution in [0.25, 0.3) is 0 Å². The lowest BCUT2D eigenvalue weighted by Gasteiger charge is -2.18. The molecule has 0 spiro atoms. The van der Waals surface area contributed by atoms with Crippen molar-refractivity contribution in [3.8, 4) is 5.88 Å². The first kappa shape index (κ1) is 12.8. The molecule has 0 saturated carbocycles. The normalized spacial score (nSPS) is 9.75. The monoisotopic (exact) mass is 287 g/mol. The smallest absolute Gasteiger partial charge is 0.239 e. The Hall–Kier alpha value is -1.30. The van der Waals surface area contributed by atoms with E-state index >= 15 is 0 Å². The van der Waals surface area contributed by atoms with Crippen molar-refractivity contribution in [3.63, 3.8) is 0 Å². The zero-order valence-corrected chi connectivity index (χ0v) is 11.0. The van der Waals surface area contributed by atoms with Crippen LogP contribution in [0.5, 0.6) is 5.88 Å². The number of ether oxygens (including phenoxy) is 1. The van der Waals surface area contributed by atoms with E-state index in [0.717, 1.165) is 5.69 Å². The summed E-state index contributed by atoms with van der Waals surface area (Å²) in [6, 6.07) is 1.81. The van der Waals surface area contributed by atoms with Gasteiger partial charge in [0.25, 0.3) is 0 Å². The van der Waals surface area contributed by atoms with Gasteiger partial charge in [0, 0.05) is 20.3 Å². The van der Waals surface area contributed by atoms with Crippen molar-refractivity contribution in [1.29, 1.82) is 0 Å². The van der Waals surface area contributed by atoms with Gasteiger partial charge < -0.3 is 15.0 Å². The summed E-state index contributed by atoms with van der Waals surface area (Å²) in [4.78, 5) is 17.3. The van der Waals surface area contributed by atoms with Crippen molar-refractivity contribution in [1.82, 2.24) is 4.98 Å². The van der Waals surface area contributed by atoms with Gasteiger partial charge in [0.2, 0.25) is 11.8 Å². The number of rotatable bonds is 4. The Labute approximate surface area is 103 Å². The standard InChI is InChI=1S/C10H14BrN3O2/c1-14(2)7-4-5-12-10(16-3)9(7)13-8(15)6-11/h4-5H,6H2,1-3H3,(H,13,15). The molecule has 0 saturated heterocycles. The number of pyridine rings is 1. The zero-order valence-electron chi connectivity index (χ0n) is 9.45. The Bertz CT molecular complexity index is 382. The van der Waals surface area contributed by atoms with Gasteiger partial charge in [-0.2, -0.15) is 0 Å². The number of anilines is 2. The molecule has 16 heavy (non-hydrogen) atoms. The molecule has 6 heteroatoms. The molecular formula is C10H14BrN3O2. The van der Waals surface area contributed by atoms with Gasteiger partial charge in [0.1, 0.15) is 5.69 Å². The predicted octanol–water partition coefficient (Wildman–Crippen LogP) is 1.49. The number of halogens is 1. The lowest BCUT2D eigenvalue weighted by Crippen LogP contribution is -2.18. The van der Waals surface area contributed by atoms with E-state index in [9.17, 15) is 4.79 Å². The fraction of sp³-hybridized carbons (Fsp3) is 0.400. The molecule has 0 aliphatic carbocycles. The maximum atomic E-state index is 11.4. The van der Waals surface area contributed by atoms with Crippen LogP contribution in [-0.2, 0) is 4.79 Å². The maximum absolute atomic E-state index is 11.4. The third-order valence-electron chi connectivity index (χ3n) is 1.96. The summed E-state index contributed by atoms with van der Waals surface area (Å²) in [5.41, 5.74) is 1.43. The summed E-state index contributed by atoms with van der Waals surface area (Å²) < 4.78 is 5.11. The number of nitrogens with zero attached hydrogens (tertiary/aromatic N) is 2. The molecule has 0 fully saturated rings. The Kier molecular flexibility index (Phi) is 4.54. The zero-order chi connectivity index (χ0) is 12.1. The summed E-state index contributed by atoms with van der Waals surface area (Å²) >= 11 is 3.09. The van der Waals surface area contributed by atoms with Crippen LogP contribution >= 0.6 is 15.9 Å². The summed E-state index contributed by atoms with van der Waals surface area (Å²) in [7, 11) is 5.29. The largest absolute Gasteiger partial charge is 0.479 e. The molecule has 0 bridgehead atoms.